The highest BCUT2D eigenvalue weighted by Crippen LogP contribution is 2.44. The molecule has 3 aliphatic rings. The molecule has 2 fully saturated rings. The Balaban J connectivity index is 0.000000150. The first-order chi connectivity index (χ1) is 61.9. The number of hydrogen-bond donors (Lipinski definition) is 4. The first-order valence-electron chi connectivity index (χ1n) is 40.2. The van der Waals surface area contributed by atoms with Crippen molar-refractivity contribution in [3.63, 3.8) is 0 Å². The van der Waals surface area contributed by atoms with Crippen LogP contribution in [0.4, 0.5) is 89.4 Å². The van der Waals surface area contributed by atoms with Crippen molar-refractivity contribution in [3.05, 3.63) is 242 Å². The van der Waals surface area contributed by atoms with Gasteiger partial charge in [-0.2, -0.15) is 15.3 Å². The van der Waals surface area contributed by atoms with Gasteiger partial charge in [-0.05, 0) is 156 Å². The number of halogens is 7. The summed E-state index contributed by atoms with van der Waals surface area (Å²) in [4.78, 5) is 48.4. The molecule has 0 radical (unpaired) electrons. The lowest BCUT2D eigenvalue weighted by atomic mass is 10.1. The van der Waals surface area contributed by atoms with Crippen molar-refractivity contribution >= 4 is 132 Å². The third kappa shape index (κ3) is 21.1. The number of nitrogens with two attached hydrogens (primary N) is 1. The minimum atomic E-state index is -3.76. The number of aromatic nitrogens is 16. The molecule has 17 rings (SSSR count). The van der Waals surface area contributed by atoms with Gasteiger partial charge in [-0.15, -0.1) is 15.0 Å². The topological polar surface area (TPSA) is 375 Å². The molecule has 2 saturated heterocycles. The van der Waals surface area contributed by atoms with Crippen LogP contribution in [0.2, 0.25) is 5.15 Å². The van der Waals surface area contributed by atoms with Gasteiger partial charge in [0.1, 0.15) is 45.7 Å². The van der Waals surface area contributed by atoms with Crippen LogP contribution in [0.15, 0.2) is 165 Å². The highest BCUT2D eigenvalue weighted by Gasteiger charge is 2.34. The molecule has 0 aliphatic carbocycles. The summed E-state index contributed by atoms with van der Waals surface area (Å²) in [6, 6.07) is 40.0. The fourth-order valence-electron chi connectivity index (χ4n) is 14.7. The summed E-state index contributed by atoms with van der Waals surface area (Å²) in [6.45, 7) is 27.6. The second-order valence-corrected chi connectivity index (χ2v) is 37.1. The van der Waals surface area contributed by atoms with Crippen molar-refractivity contribution in [2.24, 2.45) is 26.1 Å². The van der Waals surface area contributed by atoms with Crippen LogP contribution in [0.25, 0.3) is 70.6 Å². The van der Waals surface area contributed by atoms with E-state index in [-0.39, 0.29) is 107 Å². The molecule has 0 amide bonds. The van der Waals surface area contributed by atoms with Gasteiger partial charge in [-0.1, -0.05) is 67.7 Å². The van der Waals surface area contributed by atoms with Gasteiger partial charge in [0.25, 0.3) is 36.7 Å². The summed E-state index contributed by atoms with van der Waals surface area (Å²) in [5, 5.41) is 22.7. The molecule has 0 bridgehead atoms. The molecule has 2 atom stereocenters. The van der Waals surface area contributed by atoms with Crippen LogP contribution in [-0.2, 0) is 79.4 Å². The Bertz CT molecular complexity index is 7190. The molecule has 11 aromatic heterocycles. The molecule has 0 saturated carbocycles. The molecule has 14 heterocycles. The van der Waals surface area contributed by atoms with E-state index < -0.39 is 72.9 Å². The molecule has 5 N–H and O–H groups in total. The molecule has 670 valence electrons. The molecular weight excluding hydrogens is 1770 g/mol. The third-order valence-electron chi connectivity index (χ3n) is 21.2. The number of anilines is 7. The number of imidazole rings is 2. The van der Waals surface area contributed by atoms with E-state index in [1.165, 1.54) is 33.4 Å². The average Bonchev–Trinajstić information content (AvgIpc) is 1.55. The van der Waals surface area contributed by atoms with Gasteiger partial charge in [0.05, 0.1) is 102 Å². The number of nitrogen functional groups attached to an aromatic ring is 1. The van der Waals surface area contributed by atoms with Crippen molar-refractivity contribution < 1.29 is 61.1 Å². The minimum absolute atomic E-state index is 0.00498. The summed E-state index contributed by atoms with van der Waals surface area (Å²) < 4.78 is 181. The predicted molar refractivity (Wildman–Crippen MR) is 480 cm³/mol. The summed E-state index contributed by atoms with van der Waals surface area (Å²) in [5.41, 5.74) is 16.3. The van der Waals surface area contributed by atoms with E-state index in [1.807, 2.05) is 39.0 Å². The number of pyridine rings is 6. The normalized spacial score (nSPS) is 14.5. The molecule has 14 aromatic rings. The lowest BCUT2D eigenvalue weighted by molar-refractivity contribution is -0.0363. The molecule has 2 unspecified atom stereocenters. The molecule has 3 aromatic carbocycles. The Hall–Kier alpha value is -13.9. The molecule has 0 spiro atoms. The van der Waals surface area contributed by atoms with Crippen molar-refractivity contribution in [2.75, 3.05) is 53.7 Å². The maximum Gasteiger partial charge on any atom is 0.295 e. The number of sulfone groups is 3. The van der Waals surface area contributed by atoms with Crippen LogP contribution in [0.1, 0.15) is 121 Å². The molecule has 130 heavy (non-hydrogen) atoms. The highest BCUT2D eigenvalue weighted by molar-refractivity contribution is 7.91. The third-order valence-corrected chi connectivity index (χ3v) is 24.8. The number of aliphatic imine (C=N–C) groups is 1. The quantitative estimate of drug-likeness (QED) is 0.0295. The average molecular weight is 1850 g/mol. The first kappa shape index (κ1) is 92.3. The monoisotopic (exact) mass is 1850 g/mol. The zero-order valence-corrected chi connectivity index (χ0v) is 74.4. The highest BCUT2D eigenvalue weighted by atomic mass is 35.5. The Morgan fingerprint density at radius 3 is 1.22 bits per heavy atom. The SMILES string of the molecule is Cc1cc(-c2ccc(Nc3cc(Cl)nc4c3nc(C(F)F)n4C3CCCCO3)c(S(C)(=O)=O)c2)nn1C.[C-]#[N+]c1cccc(Cc2cc(Nc3ccc(-c4cc(C)n(C)n4)cc3S(C)(=O)=O)c3c(n2)CC(C(F)F)=N3)n1.[C-]#[N+]c1cccc(Cc2cc(Nc3ccc(-c4cc(C)n(C)n4)cc3S(C)(=O)=O)c3nc(C(F)F)n(C4CCCCO4)c3n2)n1.[C-]#[N+]c1cccc(N)n1. The summed E-state index contributed by atoms with van der Waals surface area (Å²) >= 11 is 6.29. The molecule has 3 aliphatic heterocycles. The maximum absolute atomic E-state index is 14.5. The zero-order chi connectivity index (χ0) is 92.9. The van der Waals surface area contributed by atoms with Crippen LogP contribution >= 0.6 is 11.6 Å². The van der Waals surface area contributed by atoms with Crippen LogP contribution in [0.3, 0.4) is 0 Å². The van der Waals surface area contributed by atoms with Gasteiger partial charge in [0.2, 0.25) is 5.82 Å². The number of hydrogen-bond acceptors (Lipinski definition) is 24. The minimum Gasteiger partial charge on any atom is -0.364 e. The number of ether oxygens (including phenoxy) is 2. The number of benzene rings is 3. The lowest BCUT2D eigenvalue weighted by Gasteiger charge is -2.25. The largest absolute Gasteiger partial charge is 0.364 e. The standard InChI is InChI=1S/C31H30F2N8O3S.C27H23F2N7O2S.C24H25ClF2N6O3S.C6H5N3/c1-18-14-23(39-40(18)3)19-11-12-22(25(15-19)45(4,42)43)37-24-17-21(16-20-8-7-9-26(34-2)35-20)36-30-28(24)38-31(29(32)33)41(30)27-10-5-6-13-44-27;1-15-10-20(35-36(15)3)16-8-9-19(24(11-16)39(4,37)38)33-21-13-18(12-17-6-5-7-25(30-2)32-17)31-22-14-23(27(28)29)34-26(21)22;1-13-10-16(31-32(13)2)14-7-8-15(18(11-14)37(3,34)35)28-17-12-19(25)29-23-21(17)30-24(22(26)27)33(23)20-6-4-5-9-36-20;1-8-6-4-2-3-5(7)9-6/h7-9,11-12,14-15,17,27,29H,5-6,10,13,16H2,1,3-4H3,(H,36,37);5-11,13,27H,12,14H2,1,3-4H3,(H,31,33);7-8,10-12,20,22H,4-6,9H2,1-3H3,(H,28,29);2-4H,(H2,7,9). The fraction of sp³-hybridized carbons (Fsp3) is 0.284. The van der Waals surface area contributed by atoms with Crippen LogP contribution in [0, 0.1) is 40.5 Å². The Morgan fingerprint density at radius 1 is 0.462 bits per heavy atom. The Labute approximate surface area is 748 Å². The van der Waals surface area contributed by atoms with E-state index in [1.54, 1.807) is 138 Å². The summed E-state index contributed by atoms with van der Waals surface area (Å²) in [5.74, 6) is 0.217. The molecule has 42 heteroatoms. The number of fused-ring (bicyclic) bond motifs is 3. The van der Waals surface area contributed by atoms with Gasteiger partial charge in [-0.3, -0.25) is 28.2 Å². The van der Waals surface area contributed by atoms with Crippen molar-refractivity contribution in [3.8, 4) is 33.8 Å². The second kappa shape index (κ2) is 38.6. The summed E-state index contributed by atoms with van der Waals surface area (Å²) in [7, 11) is -5.75. The van der Waals surface area contributed by atoms with E-state index in [2.05, 4.69) is 85.7 Å². The van der Waals surface area contributed by atoms with E-state index in [4.69, 9.17) is 51.5 Å². The fourth-order valence-corrected chi connectivity index (χ4v) is 17.5. The van der Waals surface area contributed by atoms with Crippen molar-refractivity contribution in [1.29, 1.82) is 0 Å². The van der Waals surface area contributed by atoms with Gasteiger partial charge < -0.3 is 45.7 Å². The second-order valence-electron chi connectivity index (χ2n) is 30.8. The van der Waals surface area contributed by atoms with E-state index in [0.29, 0.717) is 111 Å². The van der Waals surface area contributed by atoms with Crippen molar-refractivity contribution in [1.82, 2.24) is 78.3 Å². The van der Waals surface area contributed by atoms with Crippen molar-refractivity contribution in [2.45, 2.75) is 125 Å². The van der Waals surface area contributed by atoms with Crippen LogP contribution in [-0.4, -0.2) is 148 Å². The Kier molecular flexibility index (Phi) is 27.4. The lowest BCUT2D eigenvalue weighted by Crippen LogP contribution is -2.20. The maximum atomic E-state index is 14.5. The van der Waals surface area contributed by atoms with Gasteiger partial charge >= 0.3 is 0 Å². The molecule has 32 nitrogen and oxygen atoms in total. The van der Waals surface area contributed by atoms with E-state index in [0.717, 1.165) is 61.5 Å². The number of nitrogens with zero attached hydrogens (tertiary/aromatic N) is 20. The van der Waals surface area contributed by atoms with Gasteiger partial charge in [0.15, 0.2) is 52.5 Å². The van der Waals surface area contributed by atoms with Crippen LogP contribution in [0.5, 0.6) is 0 Å². The van der Waals surface area contributed by atoms with Gasteiger partial charge in [-0.25, -0.2) is 76.5 Å². The van der Waals surface area contributed by atoms with Gasteiger partial charge in [0, 0.05) is 105 Å². The first-order valence-corrected chi connectivity index (χ1v) is 46.2. The predicted octanol–water partition coefficient (Wildman–Crippen LogP) is 18.6. The Morgan fingerprint density at radius 2 is 0.854 bits per heavy atom. The number of alkyl halides is 6. The zero-order valence-electron chi connectivity index (χ0n) is 71.2. The molecular formula is C88H83ClF6N24O8S3. The number of nitrogens with one attached hydrogen (secondary N) is 3. The number of aryl methyl sites for hydroxylation is 6. The smallest absolute Gasteiger partial charge is 0.295 e. The van der Waals surface area contributed by atoms with E-state index >= 15 is 0 Å². The van der Waals surface area contributed by atoms with E-state index in [9.17, 15) is 51.6 Å². The number of rotatable bonds is 21. The van der Waals surface area contributed by atoms with Crippen LogP contribution < -0.4 is 21.7 Å². The summed E-state index contributed by atoms with van der Waals surface area (Å²) in [6.07, 6.45) is -1.92.